The van der Waals surface area contributed by atoms with Gasteiger partial charge in [-0.2, -0.15) is 5.10 Å². The Bertz CT molecular complexity index is 1200. The highest BCUT2D eigenvalue weighted by molar-refractivity contribution is 6.02. The summed E-state index contributed by atoms with van der Waals surface area (Å²) in [4.78, 5) is 35.0. The molecule has 4 rings (SSSR count). The summed E-state index contributed by atoms with van der Waals surface area (Å²) in [5.41, 5.74) is 9.14. The van der Waals surface area contributed by atoms with Crippen molar-refractivity contribution in [2.45, 2.75) is 25.5 Å². The first-order valence-electron chi connectivity index (χ1n) is 10.5. The van der Waals surface area contributed by atoms with Gasteiger partial charge in [0.25, 0.3) is 0 Å². The van der Waals surface area contributed by atoms with Gasteiger partial charge < -0.3 is 4.74 Å². The molecule has 1 aliphatic heterocycles. The largest absolute Gasteiger partial charge is 0.488 e. The number of hydrazone groups is 1. The predicted octanol–water partition coefficient (Wildman–Crippen LogP) is 2.36. The monoisotopic (exact) mass is 445 g/mol. The van der Waals surface area contributed by atoms with Gasteiger partial charge in [0, 0.05) is 12.0 Å². The molecule has 1 heterocycles. The van der Waals surface area contributed by atoms with E-state index in [4.69, 9.17) is 4.74 Å². The maximum Gasteiger partial charge on any atom is 0.335 e. The van der Waals surface area contributed by atoms with Gasteiger partial charge in [0.05, 0.1) is 6.21 Å². The van der Waals surface area contributed by atoms with Crippen LogP contribution in [0.2, 0.25) is 0 Å². The number of nitrogens with zero attached hydrogens (tertiary/aromatic N) is 1. The highest BCUT2D eigenvalue weighted by atomic mass is 16.5. The molecular formula is C24H23N5O4. The van der Waals surface area contributed by atoms with Crippen molar-refractivity contribution >= 4 is 34.8 Å². The summed E-state index contributed by atoms with van der Waals surface area (Å²) in [7, 11) is 0. The van der Waals surface area contributed by atoms with E-state index in [1.54, 1.807) is 6.21 Å². The molecule has 33 heavy (non-hydrogen) atoms. The SMILES string of the molecule is O=C(CCC1NNC(=O)NC1=O)N/N=C/c1c(OCc2ccccc2)ccc2ccccc12. The number of nitrogens with one attached hydrogen (secondary N) is 4. The van der Waals surface area contributed by atoms with Gasteiger partial charge in [-0.15, -0.1) is 0 Å². The first-order valence-corrected chi connectivity index (χ1v) is 10.5. The van der Waals surface area contributed by atoms with Crippen LogP contribution in [-0.4, -0.2) is 30.1 Å². The van der Waals surface area contributed by atoms with Gasteiger partial charge in [-0.3, -0.25) is 20.3 Å². The fraction of sp³-hybridized carbons (Fsp3) is 0.167. The third-order valence-corrected chi connectivity index (χ3v) is 5.12. The van der Waals surface area contributed by atoms with E-state index in [9.17, 15) is 14.4 Å². The number of hydrogen-bond acceptors (Lipinski definition) is 6. The molecule has 3 aromatic rings. The Labute approximate surface area is 190 Å². The number of fused-ring (bicyclic) bond motifs is 1. The molecule has 9 nitrogen and oxygen atoms in total. The molecule has 1 saturated heterocycles. The molecule has 168 valence electrons. The zero-order chi connectivity index (χ0) is 23.0. The van der Waals surface area contributed by atoms with Crippen LogP contribution in [0.1, 0.15) is 24.0 Å². The van der Waals surface area contributed by atoms with Gasteiger partial charge in [-0.05, 0) is 28.8 Å². The molecule has 4 amide bonds. The van der Waals surface area contributed by atoms with E-state index in [1.807, 2.05) is 66.7 Å². The maximum atomic E-state index is 12.2. The summed E-state index contributed by atoms with van der Waals surface area (Å²) >= 11 is 0. The van der Waals surface area contributed by atoms with Gasteiger partial charge in [0.2, 0.25) is 11.8 Å². The summed E-state index contributed by atoms with van der Waals surface area (Å²) < 4.78 is 6.05. The number of rotatable bonds is 8. The third-order valence-electron chi connectivity index (χ3n) is 5.12. The van der Waals surface area contributed by atoms with Crippen LogP contribution >= 0.6 is 0 Å². The molecule has 0 radical (unpaired) electrons. The lowest BCUT2D eigenvalue weighted by molar-refractivity contribution is -0.124. The van der Waals surface area contributed by atoms with E-state index in [0.717, 1.165) is 21.9 Å². The zero-order valence-electron chi connectivity index (χ0n) is 17.7. The van der Waals surface area contributed by atoms with E-state index in [0.29, 0.717) is 12.4 Å². The number of imide groups is 1. The summed E-state index contributed by atoms with van der Waals surface area (Å²) in [5, 5.41) is 8.21. The number of hydrazine groups is 1. The number of hydrogen-bond donors (Lipinski definition) is 4. The molecular weight excluding hydrogens is 422 g/mol. The molecule has 4 N–H and O–H groups in total. The molecule has 0 bridgehead atoms. The van der Waals surface area contributed by atoms with E-state index in [2.05, 4.69) is 26.7 Å². The van der Waals surface area contributed by atoms with Crippen LogP contribution in [0.4, 0.5) is 4.79 Å². The number of amides is 4. The standard InChI is InChI=1S/C24H23N5O4/c30-22(13-11-20-23(31)26-24(32)29-27-20)28-25-14-19-18-9-5-4-8-17(18)10-12-21(19)33-15-16-6-2-1-3-7-16/h1-10,12,14,20,27H,11,13,15H2,(H,28,30)(H2,26,29,31,32)/b25-14+. The smallest absolute Gasteiger partial charge is 0.335 e. The average molecular weight is 445 g/mol. The number of ether oxygens (including phenoxy) is 1. The van der Waals surface area contributed by atoms with Crippen LogP contribution in [-0.2, 0) is 16.2 Å². The number of carbonyl (C=O) groups excluding carboxylic acids is 3. The second-order valence-corrected chi connectivity index (χ2v) is 7.44. The maximum absolute atomic E-state index is 12.2. The Balaban J connectivity index is 1.42. The van der Waals surface area contributed by atoms with E-state index in [-0.39, 0.29) is 18.7 Å². The van der Waals surface area contributed by atoms with Gasteiger partial charge in [0.1, 0.15) is 18.4 Å². The van der Waals surface area contributed by atoms with Crippen LogP contribution in [0.3, 0.4) is 0 Å². The lowest BCUT2D eigenvalue weighted by Gasteiger charge is -2.22. The van der Waals surface area contributed by atoms with Crippen LogP contribution in [0.25, 0.3) is 10.8 Å². The van der Waals surface area contributed by atoms with Gasteiger partial charge in [-0.25, -0.2) is 15.6 Å². The van der Waals surface area contributed by atoms with Crippen molar-refractivity contribution in [3.63, 3.8) is 0 Å². The Kier molecular flexibility index (Phi) is 6.91. The number of urea groups is 1. The average Bonchev–Trinajstić information content (AvgIpc) is 2.83. The summed E-state index contributed by atoms with van der Waals surface area (Å²) in [5.74, 6) is -0.190. The molecule has 0 spiro atoms. The summed E-state index contributed by atoms with van der Waals surface area (Å²) in [6, 6.07) is 20.2. The van der Waals surface area contributed by atoms with Crippen molar-refractivity contribution in [3.05, 3.63) is 77.9 Å². The van der Waals surface area contributed by atoms with Gasteiger partial charge in [0.15, 0.2) is 0 Å². The summed E-state index contributed by atoms with van der Waals surface area (Å²) in [6.07, 6.45) is 1.81. The van der Waals surface area contributed by atoms with E-state index in [1.165, 1.54) is 0 Å². The molecule has 1 unspecified atom stereocenters. The van der Waals surface area contributed by atoms with Crippen molar-refractivity contribution in [2.75, 3.05) is 0 Å². The Morgan fingerprint density at radius 2 is 1.82 bits per heavy atom. The first kappa shape index (κ1) is 22.0. The molecule has 1 aliphatic rings. The molecule has 9 heteroatoms. The number of benzene rings is 3. The topological polar surface area (TPSA) is 121 Å². The van der Waals surface area contributed by atoms with Crippen LogP contribution < -0.4 is 26.3 Å². The minimum absolute atomic E-state index is 0.0468. The van der Waals surface area contributed by atoms with Crippen LogP contribution in [0, 0.1) is 0 Å². The van der Waals surface area contributed by atoms with Gasteiger partial charge in [-0.1, -0.05) is 60.7 Å². The second kappa shape index (κ2) is 10.4. The highest BCUT2D eigenvalue weighted by Crippen LogP contribution is 2.27. The molecule has 1 atom stereocenters. The minimum Gasteiger partial charge on any atom is -0.488 e. The fourth-order valence-electron chi connectivity index (χ4n) is 3.42. The van der Waals surface area contributed by atoms with Gasteiger partial charge >= 0.3 is 6.03 Å². The highest BCUT2D eigenvalue weighted by Gasteiger charge is 2.25. The lowest BCUT2D eigenvalue weighted by atomic mass is 10.0. The molecule has 0 aliphatic carbocycles. The minimum atomic E-state index is -0.687. The van der Waals surface area contributed by atoms with Crippen LogP contribution in [0.5, 0.6) is 5.75 Å². The normalized spacial score (nSPS) is 15.8. The lowest BCUT2D eigenvalue weighted by Crippen LogP contribution is -2.62. The summed E-state index contributed by atoms with van der Waals surface area (Å²) in [6.45, 7) is 0.402. The van der Waals surface area contributed by atoms with Crippen LogP contribution in [0.15, 0.2) is 71.8 Å². The zero-order valence-corrected chi connectivity index (χ0v) is 17.7. The predicted molar refractivity (Wildman–Crippen MR) is 123 cm³/mol. The number of carbonyl (C=O) groups is 3. The van der Waals surface area contributed by atoms with E-state index >= 15 is 0 Å². The molecule has 0 saturated carbocycles. The second-order valence-electron chi connectivity index (χ2n) is 7.44. The molecule has 0 aromatic heterocycles. The van der Waals surface area contributed by atoms with Crippen molar-refractivity contribution in [2.24, 2.45) is 5.10 Å². The third kappa shape index (κ3) is 5.72. The quantitative estimate of drug-likeness (QED) is 0.313. The first-order chi connectivity index (χ1) is 16.1. The van der Waals surface area contributed by atoms with Crippen molar-refractivity contribution in [3.8, 4) is 5.75 Å². The Morgan fingerprint density at radius 1 is 1.03 bits per heavy atom. The van der Waals surface area contributed by atoms with Crippen molar-refractivity contribution < 1.29 is 19.1 Å². The molecule has 3 aromatic carbocycles. The molecule has 1 fully saturated rings. The fourth-order valence-corrected chi connectivity index (χ4v) is 3.42. The Hall–Kier alpha value is -4.24. The van der Waals surface area contributed by atoms with Crippen molar-refractivity contribution in [1.29, 1.82) is 0 Å². The van der Waals surface area contributed by atoms with E-state index < -0.39 is 18.0 Å². The Morgan fingerprint density at radius 3 is 2.64 bits per heavy atom. The van der Waals surface area contributed by atoms with Crippen molar-refractivity contribution in [1.82, 2.24) is 21.6 Å².